The lowest BCUT2D eigenvalue weighted by Gasteiger charge is -2.30. The Balaban J connectivity index is 1.64. The third-order valence-corrected chi connectivity index (χ3v) is 5.32. The molecule has 1 N–H and O–H groups in total. The van der Waals surface area contributed by atoms with Crippen LogP contribution in [0, 0.1) is 5.92 Å². The van der Waals surface area contributed by atoms with E-state index in [0.29, 0.717) is 11.3 Å². The third kappa shape index (κ3) is 5.12. The van der Waals surface area contributed by atoms with E-state index in [1.807, 2.05) is 24.3 Å². The van der Waals surface area contributed by atoms with E-state index in [9.17, 15) is 9.59 Å². The molecule has 1 heterocycles. The normalized spacial score (nSPS) is 17.2. The summed E-state index contributed by atoms with van der Waals surface area (Å²) in [5.41, 5.74) is 2.46. The van der Waals surface area contributed by atoms with Crippen LogP contribution in [0.5, 0.6) is 0 Å². The molecule has 1 aliphatic heterocycles. The number of halogens is 1. The fourth-order valence-corrected chi connectivity index (χ4v) is 3.72. The van der Waals surface area contributed by atoms with Gasteiger partial charge in [-0.15, -0.1) is 0 Å². The van der Waals surface area contributed by atoms with Crippen LogP contribution in [0.4, 0.5) is 5.69 Å². The van der Waals surface area contributed by atoms with Crippen LogP contribution in [0.1, 0.15) is 46.0 Å². The van der Waals surface area contributed by atoms with Crippen molar-refractivity contribution in [1.82, 2.24) is 4.90 Å². The molecule has 148 valence electrons. The van der Waals surface area contributed by atoms with Gasteiger partial charge in [0.05, 0.1) is 17.7 Å². The minimum atomic E-state index is -0.544. The molecule has 0 unspecified atom stereocenters. The number of carbonyl (C=O) groups is 2. The molecular formula is C22H25ClN2O3. The Bertz CT molecular complexity index is 851. The minimum Gasteiger partial charge on any atom is -0.465 e. The first-order chi connectivity index (χ1) is 13.5. The highest BCUT2D eigenvalue weighted by atomic mass is 35.5. The molecule has 0 spiro atoms. The summed E-state index contributed by atoms with van der Waals surface area (Å²) in [4.78, 5) is 26.7. The SMILES string of the molecule is COC(=O)c1cc(NC(=O)c2ccc(CN3CCC[C@@H](C)C3)cc2)ccc1Cl. The van der Waals surface area contributed by atoms with Crippen molar-refractivity contribution in [1.29, 1.82) is 0 Å². The number of likely N-dealkylation sites (tertiary alicyclic amines) is 1. The van der Waals surface area contributed by atoms with Crippen LogP contribution in [0.15, 0.2) is 42.5 Å². The van der Waals surface area contributed by atoms with E-state index in [1.165, 1.54) is 31.6 Å². The molecular weight excluding hydrogens is 376 g/mol. The van der Waals surface area contributed by atoms with Crippen molar-refractivity contribution in [2.45, 2.75) is 26.3 Å². The predicted molar refractivity (Wildman–Crippen MR) is 111 cm³/mol. The number of anilines is 1. The number of nitrogens with one attached hydrogen (secondary N) is 1. The van der Waals surface area contributed by atoms with Crippen molar-refractivity contribution in [3.63, 3.8) is 0 Å². The van der Waals surface area contributed by atoms with Gasteiger partial charge in [0.2, 0.25) is 0 Å². The lowest BCUT2D eigenvalue weighted by molar-refractivity contribution is 0.0600. The molecule has 0 aromatic heterocycles. The average molecular weight is 401 g/mol. The number of nitrogens with zero attached hydrogens (tertiary/aromatic N) is 1. The van der Waals surface area contributed by atoms with Crippen LogP contribution >= 0.6 is 11.6 Å². The molecule has 1 aliphatic rings. The average Bonchev–Trinajstić information content (AvgIpc) is 2.69. The van der Waals surface area contributed by atoms with Crippen LogP contribution in [0.25, 0.3) is 0 Å². The number of methoxy groups -OCH3 is 1. The third-order valence-electron chi connectivity index (χ3n) is 4.99. The van der Waals surface area contributed by atoms with Gasteiger partial charge in [-0.3, -0.25) is 9.69 Å². The summed E-state index contributed by atoms with van der Waals surface area (Å²) in [6.45, 7) is 5.46. The van der Waals surface area contributed by atoms with Crippen LogP contribution in [-0.2, 0) is 11.3 Å². The Labute approximate surface area is 170 Å². The lowest BCUT2D eigenvalue weighted by Crippen LogP contribution is -2.33. The van der Waals surface area contributed by atoms with E-state index in [0.717, 1.165) is 25.6 Å². The first-order valence-corrected chi connectivity index (χ1v) is 9.84. The molecule has 1 saturated heterocycles. The number of ether oxygens (including phenoxy) is 1. The summed E-state index contributed by atoms with van der Waals surface area (Å²) in [7, 11) is 1.29. The molecule has 0 radical (unpaired) electrons. The Morgan fingerprint density at radius 3 is 2.64 bits per heavy atom. The van der Waals surface area contributed by atoms with Gasteiger partial charge in [-0.05, 0) is 61.2 Å². The summed E-state index contributed by atoms with van der Waals surface area (Å²) in [5.74, 6) is -0.0400. The monoisotopic (exact) mass is 400 g/mol. The first kappa shape index (κ1) is 20.4. The zero-order valence-corrected chi connectivity index (χ0v) is 17.0. The van der Waals surface area contributed by atoms with Gasteiger partial charge in [-0.1, -0.05) is 30.7 Å². The fraction of sp³-hybridized carbons (Fsp3) is 0.364. The maximum absolute atomic E-state index is 12.5. The number of hydrogen-bond donors (Lipinski definition) is 1. The van der Waals surface area contributed by atoms with E-state index < -0.39 is 5.97 Å². The highest BCUT2D eigenvalue weighted by Crippen LogP contribution is 2.22. The quantitative estimate of drug-likeness (QED) is 0.744. The molecule has 0 saturated carbocycles. The van der Waals surface area contributed by atoms with E-state index in [-0.39, 0.29) is 16.5 Å². The lowest BCUT2D eigenvalue weighted by atomic mass is 9.99. The summed E-state index contributed by atoms with van der Waals surface area (Å²) < 4.78 is 4.70. The summed E-state index contributed by atoms with van der Waals surface area (Å²) in [5, 5.41) is 3.07. The Kier molecular flexibility index (Phi) is 6.70. The van der Waals surface area contributed by atoms with Gasteiger partial charge in [-0.25, -0.2) is 4.79 Å². The Morgan fingerprint density at radius 1 is 1.21 bits per heavy atom. The molecule has 2 aromatic carbocycles. The largest absolute Gasteiger partial charge is 0.465 e. The van der Waals surface area contributed by atoms with Gasteiger partial charge in [0.25, 0.3) is 5.91 Å². The van der Waals surface area contributed by atoms with Gasteiger partial charge < -0.3 is 10.1 Å². The number of esters is 1. The van der Waals surface area contributed by atoms with E-state index in [1.54, 1.807) is 12.1 Å². The summed E-state index contributed by atoms with van der Waals surface area (Å²) in [6, 6.07) is 12.4. The first-order valence-electron chi connectivity index (χ1n) is 9.47. The van der Waals surface area contributed by atoms with Gasteiger partial charge in [-0.2, -0.15) is 0 Å². The van der Waals surface area contributed by atoms with Crippen molar-refractivity contribution >= 4 is 29.2 Å². The Hall–Kier alpha value is -2.37. The van der Waals surface area contributed by atoms with E-state index in [2.05, 4.69) is 17.1 Å². The number of amides is 1. The van der Waals surface area contributed by atoms with Crippen molar-refractivity contribution < 1.29 is 14.3 Å². The second kappa shape index (κ2) is 9.22. The minimum absolute atomic E-state index is 0.216. The van der Waals surface area contributed by atoms with Gasteiger partial charge >= 0.3 is 5.97 Å². The van der Waals surface area contributed by atoms with Crippen LogP contribution < -0.4 is 5.32 Å². The van der Waals surface area contributed by atoms with Crippen molar-refractivity contribution in [3.05, 3.63) is 64.2 Å². The molecule has 1 amide bonds. The summed E-state index contributed by atoms with van der Waals surface area (Å²) >= 11 is 6.01. The highest BCUT2D eigenvalue weighted by molar-refractivity contribution is 6.33. The second-order valence-corrected chi connectivity index (χ2v) is 7.73. The van der Waals surface area contributed by atoms with Crippen molar-refractivity contribution in [2.24, 2.45) is 5.92 Å². The molecule has 1 fully saturated rings. The van der Waals surface area contributed by atoms with Crippen molar-refractivity contribution in [2.75, 3.05) is 25.5 Å². The topological polar surface area (TPSA) is 58.6 Å². The molecule has 3 rings (SSSR count). The van der Waals surface area contributed by atoms with E-state index in [4.69, 9.17) is 16.3 Å². The number of carbonyl (C=O) groups excluding carboxylic acids is 2. The van der Waals surface area contributed by atoms with Gasteiger partial charge in [0.1, 0.15) is 0 Å². The van der Waals surface area contributed by atoms with Gasteiger partial charge in [0, 0.05) is 24.3 Å². The maximum atomic E-state index is 12.5. The standard InChI is InChI=1S/C22H25ClN2O3/c1-15-4-3-11-25(13-15)14-16-5-7-17(8-6-16)21(26)24-18-9-10-20(23)19(12-18)22(27)28-2/h5-10,12,15H,3-4,11,13-14H2,1-2H3,(H,24,26)/t15-/m1/s1. The highest BCUT2D eigenvalue weighted by Gasteiger charge is 2.17. The smallest absolute Gasteiger partial charge is 0.339 e. The molecule has 5 nitrogen and oxygen atoms in total. The van der Waals surface area contributed by atoms with Gasteiger partial charge in [0.15, 0.2) is 0 Å². The number of benzene rings is 2. The molecule has 6 heteroatoms. The number of rotatable bonds is 5. The van der Waals surface area contributed by atoms with Crippen LogP contribution in [0.3, 0.4) is 0 Å². The number of hydrogen-bond acceptors (Lipinski definition) is 4. The maximum Gasteiger partial charge on any atom is 0.339 e. The van der Waals surface area contributed by atoms with Crippen molar-refractivity contribution in [3.8, 4) is 0 Å². The summed E-state index contributed by atoms with van der Waals surface area (Å²) in [6.07, 6.45) is 2.55. The zero-order valence-electron chi connectivity index (χ0n) is 16.2. The molecule has 0 aliphatic carbocycles. The zero-order chi connectivity index (χ0) is 20.1. The fourth-order valence-electron chi connectivity index (χ4n) is 3.52. The van der Waals surface area contributed by atoms with Crippen LogP contribution in [0.2, 0.25) is 5.02 Å². The molecule has 2 aromatic rings. The Morgan fingerprint density at radius 2 is 1.96 bits per heavy atom. The number of piperidine rings is 1. The molecule has 0 bridgehead atoms. The predicted octanol–water partition coefficient (Wildman–Crippen LogP) is 4.61. The molecule has 1 atom stereocenters. The molecule has 28 heavy (non-hydrogen) atoms. The van der Waals surface area contributed by atoms with E-state index >= 15 is 0 Å². The second-order valence-electron chi connectivity index (χ2n) is 7.32. The van der Waals surface area contributed by atoms with Crippen LogP contribution in [-0.4, -0.2) is 37.0 Å².